The Morgan fingerprint density at radius 1 is 1.30 bits per heavy atom. The second-order valence-electron chi connectivity index (χ2n) is 4.63. The van der Waals surface area contributed by atoms with Crippen molar-refractivity contribution < 1.29 is 4.79 Å². The minimum atomic E-state index is -0.685. The number of nitrogens with two attached hydrogens (primary N) is 2. The minimum Gasteiger partial charge on any atom is -0.384 e. The van der Waals surface area contributed by atoms with Gasteiger partial charge in [-0.25, -0.2) is 0 Å². The van der Waals surface area contributed by atoms with Crippen LogP contribution in [-0.4, -0.2) is 11.7 Å². The third-order valence-corrected chi connectivity index (χ3v) is 4.56. The molecule has 0 saturated heterocycles. The Morgan fingerprint density at radius 2 is 1.96 bits per heavy atom. The van der Waals surface area contributed by atoms with E-state index in [4.69, 9.17) is 23.1 Å². The van der Waals surface area contributed by atoms with E-state index in [1.54, 1.807) is 24.3 Å². The molecule has 1 unspecified atom stereocenters. The van der Waals surface area contributed by atoms with Crippen LogP contribution in [0.15, 0.2) is 46.3 Å². The molecular weight excluding hydrogens is 334 g/mol. The highest BCUT2D eigenvalue weighted by atomic mass is 35.5. The van der Waals surface area contributed by atoms with Crippen LogP contribution >= 0.6 is 23.4 Å². The maximum atomic E-state index is 11.0. The number of halogens is 1. The topological polar surface area (TPSA) is 129 Å². The molecule has 6 nitrogen and oxygen atoms in total. The van der Waals surface area contributed by atoms with Crippen LogP contribution in [0.4, 0.5) is 0 Å². The van der Waals surface area contributed by atoms with Crippen LogP contribution in [0.2, 0.25) is 5.02 Å². The summed E-state index contributed by atoms with van der Waals surface area (Å²) in [5.74, 6) is -1.10. The van der Waals surface area contributed by atoms with Gasteiger partial charge in [-0.3, -0.25) is 4.79 Å². The van der Waals surface area contributed by atoms with Gasteiger partial charge in [0.1, 0.15) is 5.82 Å². The van der Waals surface area contributed by atoms with Crippen molar-refractivity contribution in [3.63, 3.8) is 0 Å². The summed E-state index contributed by atoms with van der Waals surface area (Å²) in [6.45, 7) is 0. The molecule has 1 heterocycles. The van der Waals surface area contributed by atoms with Gasteiger partial charge >= 0.3 is 0 Å². The van der Waals surface area contributed by atoms with Crippen molar-refractivity contribution in [2.24, 2.45) is 11.5 Å². The first-order valence-electron chi connectivity index (χ1n) is 6.46. The minimum absolute atomic E-state index is 0.0160. The van der Waals surface area contributed by atoms with E-state index in [2.05, 4.69) is 11.4 Å². The van der Waals surface area contributed by atoms with Gasteiger partial charge in [0.25, 0.3) is 0 Å². The van der Waals surface area contributed by atoms with E-state index in [0.29, 0.717) is 15.6 Å². The lowest BCUT2D eigenvalue weighted by Gasteiger charge is -2.27. The molecule has 1 amide bonds. The molecule has 1 aliphatic rings. The standard InChI is InChI=1S/C15H12ClN5OS/c16-11-4-2-1-3-8(11)13-9(5-17)14(20)21-15(10(13)6-18)23-7-12(19)22/h1-4,13,21H,7,20H2,(H2,19,22). The van der Waals surface area contributed by atoms with E-state index in [9.17, 15) is 15.3 Å². The molecule has 0 spiro atoms. The van der Waals surface area contributed by atoms with Gasteiger partial charge in [-0.05, 0) is 11.6 Å². The molecule has 8 heteroatoms. The zero-order valence-corrected chi connectivity index (χ0v) is 13.4. The van der Waals surface area contributed by atoms with Crippen LogP contribution in [0.25, 0.3) is 0 Å². The fourth-order valence-electron chi connectivity index (χ4n) is 2.21. The zero-order chi connectivity index (χ0) is 17.0. The molecule has 0 aliphatic carbocycles. The molecule has 116 valence electrons. The predicted octanol–water partition coefficient (Wildman–Crippen LogP) is 1.67. The first-order chi connectivity index (χ1) is 11.0. The lowest BCUT2D eigenvalue weighted by Crippen LogP contribution is -2.30. The Bertz CT molecular complexity index is 803. The normalized spacial score (nSPS) is 17.3. The van der Waals surface area contributed by atoms with Crippen LogP contribution in [0.5, 0.6) is 0 Å². The van der Waals surface area contributed by atoms with Crippen molar-refractivity contribution >= 4 is 29.3 Å². The number of carbonyl (C=O) groups excluding carboxylic acids is 1. The summed E-state index contributed by atoms with van der Waals surface area (Å²) >= 11 is 7.28. The molecule has 1 aliphatic heterocycles. The molecule has 1 aromatic rings. The molecule has 2 rings (SSSR count). The molecule has 23 heavy (non-hydrogen) atoms. The molecule has 1 atom stereocenters. The summed E-state index contributed by atoms with van der Waals surface area (Å²) in [7, 11) is 0. The van der Waals surface area contributed by atoms with Crippen molar-refractivity contribution in [3.05, 3.63) is 56.8 Å². The maximum absolute atomic E-state index is 11.0. The third-order valence-electron chi connectivity index (χ3n) is 3.18. The van der Waals surface area contributed by atoms with E-state index in [1.165, 1.54) is 0 Å². The van der Waals surface area contributed by atoms with Gasteiger partial charge in [-0.15, -0.1) is 0 Å². The van der Waals surface area contributed by atoms with E-state index in [0.717, 1.165) is 11.8 Å². The molecule has 0 saturated carbocycles. The smallest absolute Gasteiger partial charge is 0.227 e. The van der Waals surface area contributed by atoms with Crippen LogP contribution < -0.4 is 16.8 Å². The number of benzene rings is 1. The second-order valence-corrected chi connectivity index (χ2v) is 6.02. The summed E-state index contributed by atoms with van der Waals surface area (Å²) in [4.78, 5) is 11.0. The fraction of sp³-hybridized carbons (Fsp3) is 0.133. The largest absolute Gasteiger partial charge is 0.384 e. The summed E-state index contributed by atoms with van der Waals surface area (Å²) in [6.07, 6.45) is 0. The fourth-order valence-corrected chi connectivity index (χ4v) is 3.24. The average Bonchev–Trinajstić information content (AvgIpc) is 2.52. The van der Waals surface area contributed by atoms with Gasteiger partial charge in [0.15, 0.2) is 0 Å². The van der Waals surface area contributed by atoms with E-state index in [-0.39, 0.29) is 22.7 Å². The molecule has 1 aromatic carbocycles. The number of carbonyl (C=O) groups is 1. The Morgan fingerprint density at radius 3 is 2.52 bits per heavy atom. The number of rotatable bonds is 4. The van der Waals surface area contributed by atoms with Crippen molar-refractivity contribution in [2.75, 3.05) is 5.75 Å². The first kappa shape index (κ1) is 16.8. The number of nitrogens with zero attached hydrogens (tertiary/aromatic N) is 2. The molecule has 5 N–H and O–H groups in total. The van der Waals surface area contributed by atoms with Crippen molar-refractivity contribution in [3.8, 4) is 12.1 Å². The van der Waals surface area contributed by atoms with Crippen molar-refractivity contribution in [1.82, 2.24) is 5.32 Å². The Kier molecular flexibility index (Phi) is 5.17. The predicted molar refractivity (Wildman–Crippen MR) is 88.4 cm³/mol. The Hall–Kier alpha value is -2.61. The van der Waals surface area contributed by atoms with Crippen LogP contribution in [0.3, 0.4) is 0 Å². The lowest BCUT2D eigenvalue weighted by atomic mass is 9.84. The second kappa shape index (κ2) is 7.10. The molecular formula is C15H12ClN5OS. The van der Waals surface area contributed by atoms with E-state index in [1.807, 2.05) is 6.07 Å². The van der Waals surface area contributed by atoms with Crippen LogP contribution in [0, 0.1) is 22.7 Å². The monoisotopic (exact) mass is 345 g/mol. The lowest BCUT2D eigenvalue weighted by molar-refractivity contribution is -0.115. The number of allylic oxidation sites excluding steroid dienone is 2. The quantitative estimate of drug-likeness (QED) is 0.761. The number of hydrogen-bond acceptors (Lipinski definition) is 6. The molecule has 0 aromatic heterocycles. The number of nitrogens with one attached hydrogen (secondary N) is 1. The SMILES string of the molecule is N#CC1=C(N)NC(SCC(N)=O)=C(C#N)C1c1ccccc1Cl. The number of amides is 1. The molecule has 0 bridgehead atoms. The van der Waals surface area contributed by atoms with Gasteiger partial charge < -0.3 is 16.8 Å². The van der Waals surface area contributed by atoms with E-state index < -0.39 is 11.8 Å². The van der Waals surface area contributed by atoms with Gasteiger partial charge in [0.05, 0.1) is 40.0 Å². The number of thioether (sulfide) groups is 1. The third kappa shape index (κ3) is 3.42. The number of nitriles is 2. The Labute approximate surface area is 142 Å². The first-order valence-corrected chi connectivity index (χ1v) is 7.82. The summed E-state index contributed by atoms with van der Waals surface area (Å²) in [6, 6.07) is 11.0. The summed E-state index contributed by atoms with van der Waals surface area (Å²) in [5.41, 5.74) is 12.1. The Balaban J connectivity index is 2.59. The summed E-state index contributed by atoms with van der Waals surface area (Å²) in [5, 5.41) is 22.6. The maximum Gasteiger partial charge on any atom is 0.227 e. The zero-order valence-electron chi connectivity index (χ0n) is 11.8. The highest BCUT2D eigenvalue weighted by Gasteiger charge is 2.32. The van der Waals surface area contributed by atoms with Gasteiger partial charge in [0, 0.05) is 5.02 Å². The van der Waals surface area contributed by atoms with Gasteiger partial charge in [-0.2, -0.15) is 10.5 Å². The number of dihydropyridines is 1. The van der Waals surface area contributed by atoms with Crippen LogP contribution in [0.1, 0.15) is 11.5 Å². The highest BCUT2D eigenvalue weighted by molar-refractivity contribution is 8.03. The average molecular weight is 346 g/mol. The van der Waals surface area contributed by atoms with E-state index >= 15 is 0 Å². The molecule has 0 radical (unpaired) electrons. The number of hydrogen-bond donors (Lipinski definition) is 3. The van der Waals surface area contributed by atoms with Crippen molar-refractivity contribution in [1.29, 1.82) is 10.5 Å². The highest BCUT2D eigenvalue weighted by Crippen LogP contribution is 2.41. The number of primary amides is 1. The summed E-state index contributed by atoms with van der Waals surface area (Å²) < 4.78 is 0. The molecule has 0 fully saturated rings. The van der Waals surface area contributed by atoms with Crippen molar-refractivity contribution in [2.45, 2.75) is 5.92 Å². The van der Waals surface area contributed by atoms with Crippen LogP contribution in [-0.2, 0) is 4.79 Å². The van der Waals surface area contributed by atoms with Gasteiger partial charge in [-0.1, -0.05) is 41.6 Å². The van der Waals surface area contributed by atoms with Gasteiger partial charge in [0.2, 0.25) is 5.91 Å².